The number of likely N-dealkylation sites (tertiary alicyclic amines) is 1. The quantitative estimate of drug-likeness (QED) is 0.397. The van der Waals surface area contributed by atoms with Gasteiger partial charge in [0.25, 0.3) is 0 Å². The van der Waals surface area contributed by atoms with Gasteiger partial charge in [0.2, 0.25) is 0 Å². The highest BCUT2D eigenvalue weighted by Gasteiger charge is 2.49. The van der Waals surface area contributed by atoms with Gasteiger partial charge in [-0.25, -0.2) is 0 Å². The lowest BCUT2D eigenvalue weighted by Crippen LogP contribution is -2.64. The number of benzene rings is 3. The molecule has 0 aliphatic carbocycles. The van der Waals surface area contributed by atoms with Gasteiger partial charge in [-0.2, -0.15) is 0 Å². The topological polar surface area (TPSA) is 46.3 Å². The predicted octanol–water partition coefficient (Wildman–Crippen LogP) is 6.42. The molecule has 1 aliphatic heterocycles. The van der Waals surface area contributed by atoms with Crippen molar-refractivity contribution in [3.8, 4) is 0 Å². The highest BCUT2D eigenvalue weighted by atomic mass is 35.5. The first-order valence-corrected chi connectivity index (χ1v) is 12.2. The van der Waals surface area contributed by atoms with E-state index in [4.69, 9.17) is 28.9 Å². The SMILES string of the molecule is CC(N)N1CCC(Cc2ccccc2)CC1(Cc1ccc(Cl)c(Cl)c1)C(=O)c1ccccc1. The Labute approximate surface area is 206 Å². The van der Waals surface area contributed by atoms with Gasteiger partial charge in [-0.1, -0.05) is 89.9 Å². The molecule has 1 fully saturated rings. The van der Waals surface area contributed by atoms with E-state index in [1.165, 1.54) is 5.56 Å². The van der Waals surface area contributed by atoms with Crippen molar-refractivity contribution >= 4 is 29.0 Å². The fourth-order valence-corrected chi connectivity index (χ4v) is 5.59. The summed E-state index contributed by atoms with van der Waals surface area (Å²) in [5.74, 6) is 0.488. The lowest BCUT2D eigenvalue weighted by atomic mass is 9.70. The maximum absolute atomic E-state index is 14.2. The number of ketones is 1. The molecule has 3 atom stereocenters. The zero-order chi connectivity index (χ0) is 23.4. The van der Waals surface area contributed by atoms with Crippen LogP contribution in [0.2, 0.25) is 10.0 Å². The summed E-state index contributed by atoms with van der Waals surface area (Å²) in [6.07, 6.45) is 2.96. The molecular formula is C28H30Cl2N2O. The van der Waals surface area contributed by atoms with E-state index < -0.39 is 5.54 Å². The Kier molecular flexibility index (Phi) is 7.55. The molecule has 1 aliphatic rings. The Hall–Kier alpha value is -2.17. The summed E-state index contributed by atoms with van der Waals surface area (Å²) in [6, 6.07) is 25.7. The molecule has 3 nitrogen and oxygen atoms in total. The van der Waals surface area contributed by atoms with Crippen LogP contribution in [0.5, 0.6) is 0 Å². The lowest BCUT2D eigenvalue weighted by Gasteiger charge is -2.51. The number of hydrogen-bond acceptors (Lipinski definition) is 3. The van der Waals surface area contributed by atoms with E-state index in [-0.39, 0.29) is 11.9 Å². The Bertz CT molecular complexity index is 1090. The number of halogens is 2. The average molecular weight is 481 g/mol. The molecule has 0 aromatic heterocycles. The molecule has 0 amide bonds. The first-order chi connectivity index (χ1) is 15.9. The number of nitrogens with zero attached hydrogens (tertiary/aromatic N) is 1. The van der Waals surface area contributed by atoms with Gasteiger partial charge in [-0.15, -0.1) is 0 Å². The average Bonchev–Trinajstić information content (AvgIpc) is 2.82. The third kappa shape index (κ3) is 5.33. The van der Waals surface area contributed by atoms with E-state index in [0.717, 1.165) is 31.4 Å². The molecular weight excluding hydrogens is 451 g/mol. The summed E-state index contributed by atoms with van der Waals surface area (Å²) in [5.41, 5.74) is 8.73. The fourth-order valence-electron chi connectivity index (χ4n) is 5.27. The summed E-state index contributed by atoms with van der Waals surface area (Å²) < 4.78 is 0. The molecule has 0 bridgehead atoms. The molecule has 4 rings (SSSR count). The molecule has 3 aromatic carbocycles. The summed E-state index contributed by atoms with van der Waals surface area (Å²) in [6.45, 7) is 2.74. The second-order valence-corrected chi connectivity index (χ2v) is 9.95. The minimum Gasteiger partial charge on any atom is -0.316 e. The Morgan fingerprint density at radius 1 is 1.00 bits per heavy atom. The van der Waals surface area contributed by atoms with E-state index in [1.807, 2.05) is 55.5 Å². The van der Waals surface area contributed by atoms with Crippen LogP contribution in [0.15, 0.2) is 78.9 Å². The fraction of sp³-hybridized carbons (Fsp3) is 0.321. The lowest BCUT2D eigenvalue weighted by molar-refractivity contribution is 0.00100. The molecule has 0 saturated carbocycles. The highest BCUT2D eigenvalue weighted by Crippen LogP contribution is 2.40. The third-order valence-electron chi connectivity index (χ3n) is 6.75. The van der Waals surface area contributed by atoms with Gasteiger partial charge < -0.3 is 5.73 Å². The minimum atomic E-state index is -0.760. The summed E-state index contributed by atoms with van der Waals surface area (Å²) >= 11 is 12.5. The summed E-state index contributed by atoms with van der Waals surface area (Å²) in [7, 11) is 0. The van der Waals surface area contributed by atoms with Crippen LogP contribution in [0, 0.1) is 5.92 Å². The second-order valence-electron chi connectivity index (χ2n) is 9.13. The number of Topliss-reactive ketones (excluding diaryl/α,β-unsaturated/α-hetero) is 1. The largest absolute Gasteiger partial charge is 0.316 e. The molecule has 2 N–H and O–H groups in total. The number of nitrogens with two attached hydrogens (primary N) is 1. The van der Waals surface area contributed by atoms with E-state index in [2.05, 4.69) is 29.2 Å². The zero-order valence-electron chi connectivity index (χ0n) is 18.9. The van der Waals surface area contributed by atoms with Gasteiger partial charge in [0.1, 0.15) is 0 Å². The molecule has 3 unspecified atom stereocenters. The van der Waals surface area contributed by atoms with Crippen molar-refractivity contribution in [2.75, 3.05) is 6.54 Å². The van der Waals surface area contributed by atoms with Gasteiger partial charge in [0.05, 0.1) is 21.7 Å². The van der Waals surface area contributed by atoms with E-state index in [0.29, 0.717) is 27.9 Å². The summed E-state index contributed by atoms with van der Waals surface area (Å²) in [4.78, 5) is 16.4. The number of carbonyl (C=O) groups is 1. The van der Waals surface area contributed by atoms with Gasteiger partial charge in [0, 0.05) is 12.1 Å². The van der Waals surface area contributed by atoms with Crippen LogP contribution in [-0.4, -0.2) is 28.9 Å². The van der Waals surface area contributed by atoms with Crippen LogP contribution in [-0.2, 0) is 12.8 Å². The normalized spacial score (nSPS) is 22.1. The van der Waals surface area contributed by atoms with Crippen LogP contribution in [0.1, 0.15) is 41.3 Å². The Morgan fingerprint density at radius 2 is 1.67 bits per heavy atom. The monoisotopic (exact) mass is 480 g/mol. The van der Waals surface area contributed by atoms with Crippen LogP contribution < -0.4 is 5.73 Å². The van der Waals surface area contributed by atoms with Crippen molar-refractivity contribution in [1.29, 1.82) is 0 Å². The van der Waals surface area contributed by atoms with E-state index >= 15 is 0 Å². The molecule has 3 aromatic rings. The molecule has 5 heteroatoms. The van der Waals surface area contributed by atoms with E-state index in [9.17, 15) is 4.79 Å². The Balaban J connectivity index is 1.76. The maximum Gasteiger partial charge on any atom is 0.183 e. The number of piperidine rings is 1. The molecule has 0 radical (unpaired) electrons. The highest BCUT2D eigenvalue weighted by molar-refractivity contribution is 6.42. The zero-order valence-corrected chi connectivity index (χ0v) is 20.4. The van der Waals surface area contributed by atoms with Crippen molar-refractivity contribution < 1.29 is 4.79 Å². The van der Waals surface area contributed by atoms with E-state index in [1.54, 1.807) is 6.07 Å². The predicted molar refractivity (Wildman–Crippen MR) is 137 cm³/mol. The standard InChI is InChI=1S/C28H30Cl2N2O/c1-20(31)32-15-14-23(16-21-8-4-2-5-9-21)19-28(32,27(33)24-10-6-3-7-11-24)18-22-12-13-25(29)26(30)17-22/h2-13,17,20,23H,14-16,18-19,31H2,1H3. The maximum atomic E-state index is 14.2. The summed E-state index contributed by atoms with van der Waals surface area (Å²) in [5, 5.41) is 1.01. The molecule has 0 spiro atoms. The molecule has 1 saturated heterocycles. The molecule has 33 heavy (non-hydrogen) atoms. The third-order valence-corrected chi connectivity index (χ3v) is 7.49. The van der Waals surface area contributed by atoms with Crippen LogP contribution in [0.25, 0.3) is 0 Å². The first kappa shape index (κ1) is 24.0. The van der Waals surface area contributed by atoms with Crippen molar-refractivity contribution in [3.05, 3.63) is 106 Å². The van der Waals surface area contributed by atoms with Crippen molar-refractivity contribution in [2.24, 2.45) is 11.7 Å². The molecule has 1 heterocycles. The van der Waals surface area contributed by atoms with Gasteiger partial charge in [-0.05, 0) is 61.8 Å². The van der Waals surface area contributed by atoms with Crippen LogP contribution >= 0.6 is 23.2 Å². The van der Waals surface area contributed by atoms with Gasteiger partial charge in [0.15, 0.2) is 5.78 Å². The molecule has 172 valence electrons. The number of rotatable bonds is 7. The number of hydrogen-bond donors (Lipinski definition) is 1. The van der Waals surface area contributed by atoms with Crippen LogP contribution in [0.3, 0.4) is 0 Å². The first-order valence-electron chi connectivity index (χ1n) is 11.5. The van der Waals surface area contributed by atoms with Crippen molar-refractivity contribution in [3.63, 3.8) is 0 Å². The minimum absolute atomic E-state index is 0.115. The Morgan fingerprint density at radius 3 is 2.30 bits per heavy atom. The second kappa shape index (κ2) is 10.4. The smallest absolute Gasteiger partial charge is 0.183 e. The van der Waals surface area contributed by atoms with Crippen LogP contribution in [0.4, 0.5) is 0 Å². The van der Waals surface area contributed by atoms with Crippen molar-refractivity contribution in [1.82, 2.24) is 4.90 Å². The van der Waals surface area contributed by atoms with Crippen molar-refractivity contribution in [2.45, 2.75) is 44.3 Å². The number of carbonyl (C=O) groups excluding carboxylic acids is 1. The van der Waals surface area contributed by atoms with Gasteiger partial charge in [-0.3, -0.25) is 9.69 Å². The van der Waals surface area contributed by atoms with Gasteiger partial charge >= 0.3 is 0 Å².